The number of primary amides is 1. The van der Waals surface area contributed by atoms with Gasteiger partial charge in [-0.3, -0.25) is 33.8 Å². The number of fused-ring (bicyclic) bond motifs is 3. The van der Waals surface area contributed by atoms with E-state index in [1.54, 1.807) is 39.8 Å². The molecule has 17 nitrogen and oxygen atoms in total. The highest BCUT2D eigenvalue weighted by atomic mass is 16.7. The van der Waals surface area contributed by atoms with Crippen LogP contribution in [-0.2, 0) is 39.9 Å². The number of ketones is 2. The Morgan fingerprint density at radius 1 is 0.932 bits per heavy atom. The summed E-state index contributed by atoms with van der Waals surface area (Å²) in [4.78, 5) is 84.7. The highest BCUT2D eigenvalue weighted by Gasteiger charge is 2.64. The minimum absolute atomic E-state index is 0.0426. The molecule has 0 saturated heterocycles. The number of hydrogen-bond acceptors (Lipinski definition) is 14. The highest BCUT2D eigenvalue weighted by Crippen LogP contribution is 2.60. The molecule has 59 heavy (non-hydrogen) atoms. The van der Waals surface area contributed by atoms with Crippen molar-refractivity contribution in [3.63, 3.8) is 0 Å². The molecule has 7 aliphatic carbocycles. The lowest BCUT2D eigenvalue weighted by Gasteiger charge is -2.55. The molecular weight excluding hydrogens is 766 g/mol. The van der Waals surface area contributed by atoms with Crippen LogP contribution in [0.2, 0.25) is 0 Å². The van der Waals surface area contributed by atoms with E-state index in [1.807, 2.05) is 0 Å². The fourth-order valence-electron chi connectivity index (χ4n) is 11.4. The molecule has 0 heterocycles. The molecule has 1 aromatic rings. The lowest BCUT2D eigenvalue weighted by molar-refractivity contribution is -0.180. The van der Waals surface area contributed by atoms with Gasteiger partial charge in [-0.25, -0.2) is 4.79 Å². The summed E-state index contributed by atoms with van der Waals surface area (Å²) in [6.45, 7) is 3.89. The standard InChI is InChI=1S/C42H55N5O12/c1-40(2,3)47(39(56)59-18-58-38(55)41-14-19-8-20(15-41)10-21(9-19)16-41)17-27(48)44-25-13-26(45(4)5)23-11-22-12-24-31(46(6)7)34(51)30(37(43)54)36(53)42(24,57)35(52)28(22)33(50)29(23)32(25)49/h13,19-22,24,31,49-50,53,57H,8-12,14-18H2,1-7H3,(H2,43,54)(H,44,48)/t19?,20?,21?,22-,24-,31-,41?,42-/m0/s1. The van der Waals surface area contributed by atoms with Crippen molar-refractivity contribution in [3.8, 4) is 5.75 Å². The van der Waals surface area contributed by atoms with Crippen LogP contribution in [-0.4, -0.2) is 124 Å². The molecule has 320 valence electrons. The third-order valence-corrected chi connectivity index (χ3v) is 13.6. The van der Waals surface area contributed by atoms with E-state index in [1.165, 1.54) is 25.1 Å². The zero-order chi connectivity index (χ0) is 43.3. The zero-order valence-electron chi connectivity index (χ0n) is 34.6. The normalized spacial score (nSPS) is 30.7. The van der Waals surface area contributed by atoms with E-state index in [4.69, 9.17) is 15.2 Å². The Labute approximate surface area is 342 Å². The number of benzene rings is 1. The van der Waals surface area contributed by atoms with E-state index in [-0.39, 0.29) is 35.6 Å². The number of likely N-dealkylation sites (N-methyl/N-ethyl adjacent to an activating group) is 1. The summed E-state index contributed by atoms with van der Waals surface area (Å²) in [5.74, 6) is -7.47. The van der Waals surface area contributed by atoms with Gasteiger partial charge in [0, 0.05) is 36.8 Å². The molecular formula is C42H55N5O12. The first kappa shape index (κ1) is 42.0. The van der Waals surface area contributed by atoms with E-state index >= 15 is 0 Å². The number of carbonyl (C=O) groups excluding carboxylic acids is 6. The van der Waals surface area contributed by atoms with Gasteiger partial charge in [-0.15, -0.1) is 0 Å². The number of aliphatic hydroxyl groups excluding tert-OH is 2. The SMILES string of the molecule is CN(C)c1cc(NC(=O)CN(C(=O)OCOC(=O)C23CC4CC(CC(C4)C2)C3)C(C)(C)C)c(O)c2c1C[C@H]1C[C@H]3[C@H](N(C)C)C(=O)C(C(N)=O)=C(O)[C@@]3(O)C(=O)C1=C2O. The number of hydrogen-bond donors (Lipinski definition) is 6. The molecule has 5 fully saturated rings. The van der Waals surface area contributed by atoms with Crippen LogP contribution in [0, 0.1) is 35.0 Å². The topological polar surface area (TPSA) is 250 Å². The number of rotatable bonds is 9. The summed E-state index contributed by atoms with van der Waals surface area (Å²) in [7, 11) is 6.44. The Kier molecular flexibility index (Phi) is 10.3. The molecule has 17 heteroatoms. The maximum Gasteiger partial charge on any atom is 0.413 e. The number of phenolic OH excluding ortho intramolecular Hbond substituents is 1. The lowest BCUT2D eigenvalue weighted by atomic mass is 9.49. The van der Waals surface area contributed by atoms with Gasteiger partial charge in [-0.1, -0.05) is 0 Å². The average Bonchev–Trinajstić information content (AvgIpc) is 3.11. The molecule has 3 amide bonds. The van der Waals surface area contributed by atoms with Gasteiger partial charge >= 0.3 is 12.1 Å². The summed E-state index contributed by atoms with van der Waals surface area (Å²) in [5.41, 5.74) is 0.330. The summed E-state index contributed by atoms with van der Waals surface area (Å²) in [6, 6.07) is 0.258. The summed E-state index contributed by atoms with van der Waals surface area (Å²) < 4.78 is 10.9. The van der Waals surface area contributed by atoms with Gasteiger partial charge < -0.3 is 45.9 Å². The van der Waals surface area contributed by atoms with E-state index in [0.717, 1.165) is 43.4 Å². The Morgan fingerprint density at radius 2 is 1.53 bits per heavy atom. The number of phenols is 1. The van der Waals surface area contributed by atoms with Crippen molar-refractivity contribution in [1.82, 2.24) is 9.80 Å². The van der Waals surface area contributed by atoms with Crippen LogP contribution in [0.5, 0.6) is 5.75 Å². The molecule has 0 unspecified atom stereocenters. The molecule has 5 saturated carbocycles. The fraction of sp³-hybridized carbons (Fsp3) is 0.619. The number of ether oxygens (including phenoxy) is 2. The number of carbonyl (C=O) groups is 6. The van der Waals surface area contributed by atoms with Gasteiger partial charge in [-0.2, -0.15) is 0 Å². The number of Topliss-reactive ketones (excluding diaryl/α,β-unsaturated/α-hetero) is 2. The lowest BCUT2D eigenvalue weighted by Crippen LogP contribution is -2.65. The van der Waals surface area contributed by atoms with Crippen LogP contribution in [0.4, 0.5) is 16.2 Å². The predicted octanol–water partition coefficient (Wildman–Crippen LogP) is 2.92. The molecule has 7 aliphatic rings. The van der Waals surface area contributed by atoms with Crippen LogP contribution in [0.15, 0.2) is 23.0 Å². The molecule has 4 atom stereocenters. The average molecular weight is 822 g/mol. The number of amides is 3. The second kappa shape index (κ2) is 14.5. The Bertz CT molecular complexity index is 2060. The number of aliphatic hydroxyl groups is 3. The summed E-state index contributed by atoms with van der Waals surface area (Å²) >= 11 is 0. The quantitative estimate of drug-likeness (QED) is 0.0908. The molecule has 8 rings (SSSR count). The number of anilines is 2. The van der Waals surface area contributed by atoms with Gasteiger partial charge in [0.25, 0.3) is 5.91 Å². The molecule has 0 radical (unpaired) electrons. The van der Waals surface area contributed by atoms with Crippen molar-refractivity contribution in [2.45, 2.75) is 89.3 Å². The largest absolute Gasteiger partial charge is 0.508 e. The van der Waals surface area contributed by atoms with Gasteiger partial charge in [0.2, 0.25) is 18.5 Å². The van der Waals surface area contributed by atoms with Crippen LogP contribution >= 0.6 is 0 Å². The van der Waals surface area contributed by atoms with Crippen molar-refractivity contribution in [3.05, 3.63) is 34.1 Å². The molecule has 4 bridgehead atoms. The minimum atomic E-state index is -2.81. The smallest absolute Gasteiger partial charge is 0.413 e. The number of nitrogens with two attached hydrogens (primary N) is 1. The Morgan fingerprint density at radius 3 is 2.05 bits per heavy atom. The molecule has 1 aromatic carbocycles. The minimum Gasteiger partial charge on any atom is -0.508 e. The number of aromatic hydroxyl groups is 1. The first-order valence-electron chi connectivity index (χ1n) is 20.1. The van der Waals surface area contributed by atoms with Crippen LogP contribution < -0.4 is 16.0 Å². The molecule has 0 aromatic heterocycles. The monoisotopic (exact) mass is 821 g/mol. The van der Waals surface area contributed by atoms with Gasteiger partial charge in [0.05, 0.1) is 22.7 Å². The molecule has 0 spiro atoms. The van der Waals surface area contributed by atoms with E-state index < -0.39 is 100 Å². The van der Waals surface area contributed by atoms with Crippen molar-refractivity contribution in [2.75, 3.05) is 51.7 Å². The number of nitrogens with one attached hydrogen (secondary N) is 1. The van der Waals surface area contributed by atoms with E-state index in [9.17, 15) is 49.2 Å². The Hall–Kier alpha value is -5.16. The fourth-order valence-corrected chi connectivity index (χ4v) is 11.4. The third-order valence-electron chi connectivity index (χ3n) is 13.6. The first-order chi connectivity index (χ1) is 27.5. The summed E-state index contributed by atoms with van der Waals surface area (Å²) in [5, 5.41) is 49.3. The van der Waals surface area contributed by atoms with Crippen molar-refractivity contribution in [2.24, 2.45) is 40.7 Å². The van der Waals surface area contributed by atoms with Crippen molar-refractivity contribution in [1.29, 1.82) is 0 Å². The summed E-state index contributed by atoms with van der Waals surface area (Å²) in [6.07, 6.45) is 4.87. The maximum absolute atomic E-state index is 14.3. The zero-order valence-corrected chi connectivity index (χ0v) is 34.6. The van der Waals surface area contributed by atoms with Crippen LogP contribution in [0.3, 0.4) is 0 Å². The second-order valence-corrected chi connectivity index (χ2v) is 19.0. The maximum atomic E-state index is 14.3. The number of nitrogens with zero attached hydrogens (tertiary/aromatic N) is 3. The van der Waals surface area contributed by atoms with E-state index in [2.05, 4.69) is 5.32 Å². The second-order valence-electron chi connectivity index (χ2n) is 19.0. The number of esters is 1. The van der Waals surface area contributed by atoms with Gasteiger partial charge in [0.15, 0.2) is 11.4 Å². The highest BCUT2D eigenvalue weighted by molar-refractivity contribution is 6.24. The Balaban J connectivity index is 1.12. The van der Waals surface area contributed by atoms with Crippen molar-refractivity contribution >= 4 is 52.6 Å². The van der Waals surface area contributed by atoms with Crippen LogP contribution in [0.1, 0.15) is 76.8 Å². The molecule has 7 N–H and O–H groups in total. The van der Waals surface area contributed by atoms with Crippen LogP contribution in [0.25, 0.3) is 5.76 Å². The van der Waals surface area contributed by atoms with E-state index in [0.29, 0.717) is 29.0 Å². The first-order valence-corrected chi connectivity index (χ1v) is 20.1. The predicted molar refractivity (Wildman–Crippen MR) is 212 cm³/mol. The van der Waals surface area contributed by atoms with Crippen molar-refractivity contribution < 1.29 is 58.7 Å². The molecule has 0 aliphatic heterocycles. The van der Waals surface area contributed by atoms with Gasteiger partial charge in [-0.05, 0) is 122 Å². The van der Waals surface area contributed by atoms with Gasteiger partial charge in [0.1, 0.15) is 29.4 Å². The third kappa shape index (κ3) is 6.79.